The van der Waals surface area contributed by atoms with Crippen molar-refractivity contribution in [1.29, 1.82) is 0 Å². The van der Waals surface area contributed by atoms with Gasteiger partial charge >= 0.3 is 0 Å². The minimum atomic E-state index is 0.675. The highest BCUT2D eigenvalue weighted by atomic mass is 35.5. The molecule has 0 bridgehead atoms. The van der Waals surface area contributed by atoms with Gasteiger partial charge in [0.05, 0.1) is 17.3 Å². The average Bonchev–Trinajstić information content (AvgIpc) is 2.70. The van der Waals surface area contributed by atoms with E-state index in [0.717, 1.165) is 24.3 Å². The van der Waals surface area contributed by atoms with Gasteiger partial charge in [0.2, 0.25) is 0 Å². The second-order valence-corrected chi connectivity index (χ2v) is 4.59. The molecule has 2 heterocycles. The predicted molar refractivity (Wildman–Crippen MR) is 72.7 cm³/mol. The van der Waals surface area contributed by atoms with Crippen LogP contribution in [0.25, 0.3) is 0 Å². The maximum atomic E-state index is 6.09. The normalized spacial score (nSPS) is 10.8. The number of halogens is 1. The van der Waals surface area contributed by atoms with Crippen molar-refractivity contribution in [2.75, 3.05) is 6.54 Å². The van der Waals surface area contributed by atoms with Gasteiger partial charge in [-0.25, -0.2) is 0 Å². The Morgan fingerprint density at radius 3 is 2.94 bits per heavy atom. The molecular weight excluding hydrogens is 248 g/mol. The molecule has 0 aliphatic heterocycles. The fraction of sp³-hybridized carbons (Fsp3) is 0.385. The minimum Gasteiger partial charge on any atom is -0.313 e. The molecule has 2 aromatic rings. The summed E-state index contributed by atoms with van der Waals surface area (Å²) >= 11 is 6.09. The van der Waals surface area contributed by atoms with Crippen LogP contribution in [0.5, 0.6) is 0 Å². The van der Waals surface area contributed by atoms with Crippen molar-refractivity contribution in [2.24, 2.45) is 0 Å². The van der Waals surface area contributed by atoms with Gasteiger partial charge in [-0.05, 0) is 25.1 Å². The molecule has 96 valence electrons. The molecule has 0 spiro atoms. The molecule has 0 aliphatic carbocycles. The Labute approximate surface area is 112 Å². The summed E-state index contributed by atoms with van der Waals surface area (Å²) in [6, 6.07) is 1.92. The lowest BCUT2D eigenvalue weighted by atomic mass is 10.2. The first kappa shape index (κ1) is 13.1. The summed E-state index contributed by atoms with van der Waals surface area (Å²) < 4.78 is 1.92. The highest BCUT2D eigenvalue weighted by molar-refractivity contribution is 6.31. The zero-order valence-electron chi connectivity index (χ0n) is 10.7. The summed E-state index contributed by atoms with van der Waals surface area (Å²) in [7, 11) is 0. The number of hydrogen-bond acceptors (Lipinski definition) is 3. The molecule has 2 rings (SSSR count). The van der Waals surface area contributed by atoms with Gasteiger partial charge in [0, 0.05) is 30.7 Å². The quantitative estimate of drug-likeness (QED) is 0.902. The first-order valence-corrected chi connectivity index (χ1v) is 6.40. The van der Waals surface area contributed by atoms with Crippen LogP contribution in [-0.2, 0) is 13.1 Å². The topological polar surface area (TPSA) is 42.7 Å². The van der Waals surface area contributed by atoms with Gasteiger partial charge in [-0.1, -0.05) is 18.5 Å². The lowest BCUT2D eigenvalue weighted by Gasteiger charge is -2.03. The molecule has 1 N–H and O–H groups in total. The molecule has 4 nitrogen and oxygen atoms in total. The number of nitrogens with zero attached hydrogens (tertiary/aromatic N) is 3. The fourth-order valence-electron chi connectivity index (χ4n) is 1.78. The van der Waals surface area contributed by atoms with Crippen molar-refractivity contribution >= 4 is 11.6 Å². The van der Waals surface area contributed by atoms with E-state index in [9.17, 15) is 0 Å². The third-order valence-corrected chi connectivity index (χ3v) is 3.14. The van der Waals surface area contributed by atoms with Gasteiger partial charge in [-0.3, -0.25) is 9.67 Å². The smallest absolute Gasteiger partial charge is 0.0675 e. The molecular formula is C13H17ClN4. The summed E-state index contributed by atoms with van der Waals surface area (Å²) in [6.45, 7) is 6.61. The molecule has 2 aromatic heterocycles. The van der Waals surface area contributed by atoms with Gasteiger partial charge in [-0.2, -0.15) is 5.10 Å². The lowest BCUT2D eigenvalue weighted by Crippen LogP contribution is -2.11. The number of aryl methyl sites for hydroxylation is 1. The Morgan fingerprint density at radius 2 is 2.22 bits per heavy atom. The molecule has 0 aromatic carbocycles. The van der Waals surface area contributed by atoms with Crippen LogP contribution in [0.15, 0.2) is 24.7 Å². The molecule has 0 atom stereocenters. The zero-order valence-corrected chi connectivity index (χ0v) is 11.4. The van der Waals surface area contributed by atoms with E-state index < -0.39 is 0 Å². The van der Waals surface area contributed by atoms with Gasteiger partial charge in [0.15, 0.2) is 0 Å². The Bertz CT molecular complexity index is 521. The second kappa shape index (κ2) is 5.98. The molecule has 0 fully saturated rings. The van der Waals surface area contributed by atoms with E-state index in [1.807, 2.05) is 17.7 Å². The van der Waals surface area contributed by atoms with Crippen LogP contribution in [0.3, 0.4) is 0 Å². The predicted octanol–water partition coefficient (Wildman–Crippen LogP) is 2.40. The molecule has 0 aliphatic rings. The molecule has 0 amide bonds. The Balaban J connectivity index is 2.13. The molecule has 5 heteroatoms. The van der Waals surface area contributed by atoms with Crippen LogP contribution in [0.2, 0.25) is 5.02 Å². The first-order chi connectivity index (χ1) is 8.70. The summed E-state index contributed by atoms with van der Waals surface area (Å²) in [5.41, 5.74) is 3.31. The average molecular weight is 265 g/mol. The summed E-state index contributed by atoms with van der Waals surface area (Å²) in [6.07, 6.45) is 5.47. The van der Waals surface area contributed by atoms with Crippen molar-refractivity contribution < 1.29 is 0 Å². The van der Waals surface area contributed by atoms with Crippen LogP contribution >= 0.6 is 11.6 Å². The van der Waals surface area contributed by atoms with Crippen LogP contribution in [0, 0.1) is 6.92 Å². The van der Waals surface area contributed by atoms with E-state index in [1.165, 1.54) is 5.56 Å². The Hall–Kier alpha value is -1.39. The number of aromatic nitrogens is 3. The van der Waals surface area contributed by atoms with Gasteiger partial charge in [0.25, 0.3) is 0 Å². The third kappa shape index (κ3) is 3.09. The summed E-state index contributed by atoms with van der Waals surface area (Å²) in [5, 5.41) is 8.48. The van der Waals surface area contributed by atoms with Crippen molar-refractivity contribution in [3.8, 4) is 0 Å². The first-order valence-electron chi connectivity index (χ1n) is 6.02. The molecule has 0 radical (unpaired) electrons. The molecule has 0 saturated carbocycles. The number of rotatable bonds is 5. The second-order valence-electron chi connectivity index (χ2n) is 4.18. The summed E-state index contributed by atoms with van der Waals surface area (Å²) in [5.74, 6) is 0. The van der Waals surface area contributed by atoms with Crippen LogP contribution in [-0.4, -0.2) is 21.3 Å². The lowest BCUT2D eigenvalue weighted by molar-refractivity contribution is 0.677. The minimum absolute atomic E-state index is 0.675. The van der Waals surface area contributed by atoms with Gasteiger partial charge in [0.1, 0.15) is 0 Å². The van der Waals surface area contributed by atoms with E-state index >= 15 is 0 Å². The van der Waals surface area contributed by atoms with Crippen LogP contribution in [0.4, 0.5) is 0 Å². The third-order valence-electron chi connectivity index (χ3n) is 2.80. The maximum Gasteiger partial charge on any atom is 0.0675 e. The fourth-order valence-corrected chi connectivity index (χ4v) is 1.96. The van der Waals surface area contributed by atoms with Gasteiger partial charge < -0.3 is 5.32 Å². The van der Waals surface area contributed by atoms with E-state index in [-0.39, 0.29) is 0 Å². The van der Waals surface area contributed by atoms with E-state index in [0.29, 0.717) is 11.6 Å². The SMILES string of the molecule is CCNCc1cn(Cc2ccncc2Cl)nc1C. The largest absolute Gasteiger partial charge is 0.313 e. The van der Waals surface area contributed by atoms with E-state index in [2.05, 4.69) is 28.5 Å². The molecule has 0 saturated heterocycles. The highest BCUT2D eigenvalue weighted by Crippen LogP contribution is 2.15. The van der Waals surface area contributed by atoms with Crippen molar-refractivity contribution in [2.45, 2.75) is 26.9 Å². The zero-order chi connectivity index (χ0) is 13.0. The van der Waals surface area contributed by atoms with Gasteiger partial charge in [-0.15, -0.1) is 0 Å². The highest BCUT2D eigenvalue weighted by Gasteiger charge is 2.06. The molecule has 18 heavy (non-hydrogen) atoms. The van der Waals surface area contributed by atoms with Crippen molar-refractivity contribution in [3.63, 3.8) is 0 Å². The van der Waals surface area contributed by atoms with Crippen molar-refractivity contribution in [1.82, 2.24) is 20.1 Å². The number of nitrogens with one attached hydrogen (secondary N) is 1. The van der Waals surface area contributed by atoms with E-state index in [4.69, 9.17) is 11.6 Å². The maximum absolute atomic E-state index is 6.09. The standard InChI is InChI=1S/C13H17ClN4/c1-3-15-6-12-9-18(17-10(12)2)8-11-4-5-16-7-13(11)14/h4-5,7,9,15H,3,6,8H2,1-2H3. The Morgan fingerprint density at radius 1 is 1.39 bits per heavy atom. The Kier molecular flexibility index (Phi) is 4.33. The van der Waals surface area contributed by atoms with Crippen LogP contribution in [0.1, 0.15) is 23.7 Å². The number of hydrogen-bond donors (Lipinski definition) is 1. The van der Waals surface area contributed by atoms with E-state index in [1.54, 1.807) is 12.4 Å². The monoisotopic (exact) mass is 264 g/mol. The molecule has 0 unspecified atom stereocenters. The summed E-state index contributed by atoms with van der Waals surface area (Å²) in [4.78, 5) is 3.98. The number of pyridine rings is 1. The van der Waals surface area contributed by atoms with Crippen LogP contribution < -0.4 is 5.32 Å². The van der Waals surface area contributed by atoms with Crippen molar-refractivity contribution in [3.05, 3.63) is 46.5 Å².